The first kappa shape index (κ1) is 48.6. The Labute approximate surface area is 382 Å². The van der Waals surface area contributed by atoms with Gasteiger partial charge in [-0.1, -0.05) is 0 Å². The third-order valence-corrected chi connectivity index (χ3v) is 13.8. The fraction of sp³-hybridized carbons (Fsp3) is 0. The number of rotatable bonds is 5. The number of aromatic carboxylic acids is 1. The number of fused-ring (bicyclic) bond motifs is 3. The van der Waals surface area contributed by atoms with Crippen LogP contribution < -0.4 is 83.6 Å². The molecule has 1 aliphatic carbocycles. The molecule has 0 bridgehead atoms. The molecule has 0 radical (unpaired) electrons. The van der Waals surface area contributed by atoms with E-state index in [1.807, 2.05) is 0 Å². The first-order valence-electron chi connectivity index (χ1n) is 13.5. The minimum atomic E-state index is -5.06. The summed E-state index contributed by atoms with van der Waals surface area (Å²) in [6.45, 7) is 0. The first-order valence-corrected chi connectivity index (χ1v) is 22.2. The van der Waals surface area contributed by atoms with Gasteiger partial charge in [0.05, 0.1) is 4.90 Å². The van der Waals surface area contributed by atoms with Crippen molar-refractivity contribution in [2.24, 2.45) is 0 Å². The Morgan fingerprint density at radius 3 is 1.91 bits per heavy atom. The maximum atomic E-state index is 12.4. The molecule has 0 amide bonds. The van der Waals surface area contributed by atoms with Crippen LogP contribution in [0.1, 0.15) is 10.4 Å². The molecule has 7 N–H and O–H groups in total. The van der Waals surface area contributed by atoms with Gasteiger partial charge in [0.25, 0.3) is 30.4 Å². The van der Waals surface area contributed by atoms with Gasteiger partial charge in [-0.25, -0.2) is 0 Å². The maximum Gasteiger partial charge on any atom is 1.00 e. The molecular weight excluding hydrogens is 1120 g/mol. The molecule has 2 aliphatic rings. The normalized spacial score (nSPS) is 11.5. The number of carbonyl (C=O) groups is 1. The fourth-order valence-electron chi connectivity index (χ4n) is 5.13. The van der Waals surface area contributed by atoms with Crippen LogP contribution in [0.5, 0.6) is 5.75 Å². The van der Waals surface area contributed by atoms with Gasteiger partial charge >= 0.3 is 252 Å². The van der Waals surface area contributed by atoms with E-state index >= 15 is 0 Å². The monoisotopic (exact) mass is 1130 g/mol. The van der Waals surface area contributed by atoms with Gasteiger partial charge in [-0.05, 0) is 29.7 Å². The van der Waals surface area contributed by atoms with E-state index in [0.717, 1.165) is 12.1 Å². The summed E-state index contributed by atoms with van der Waals surface area (Å²) >= 11 is 6.47. The molecule has 24 heteroatoms. The molecule has 0 atom stereocenters. The van der Waals surface area contributed by atoms with Crippen molar-refractivity contribution in [1.82, 2.24) is 0 Å². The summed E-state index contributed by atoms with van der Waals surface area (Å²) in [5.41, 5.74) is 6.95. The average Bonchev–Trinajstić information content (AvgIpc) is 3.02. The summed E-state index contributed by atoms with van der Waals surface area (Å²) < 4.78 is 102. The van der Waals surface area contributed by atoms with Gasteiger partial charge in [0.15, 0.2) is 0 Å². The van der Waals surface area contributed by atoms with Crippen molar-refractivity contribution < 1.29 is 149 Å². The van der Waals surface area contributed by atoms with Crippen LogP contribution in [0.3, 0.4) is 0 Å². The van der Waals surface area contributed by atoms with Crippen LogP contribution in [-0.4, -0.2) is 50.4 Å². The molecule has 0 spiro atoms. The van der Waals surface area contributed by atoms with Gasteiger partial charge in [0.2, 0.25) is 0 Å². The molecule has 16 nitrogen and oxygen atoms in total. The first-order chi connectivity index (χ1) is 23.5. The van der Waals surface area contributed by atoms with E-state index in [2.05, 4.69) is 31.9 Å². The number of hydrogen-bond acceptors (Lipinski definition) is 12. The number of carbonyl (C=O) groups excluding carboxylic acids is 1. The van der Waals surface area contributed by atoms with Crippen LogP contribution >= 0.6 is 31.9 Å². The van der Waals surface area contributed by atoms with Crippen LogP contribution in [0.4, 0.5) is 5.69 Å². The topological polar surface area (TPSA) is 314 Å². The largest absolute Gasteiger partial charge is 1.00 e. The van der Waals surface area contributed by atoms with E-state index in [1.54, 1.807) is 30.3 Å². The van der Waals surface area contributed by atoms with E-state index in [9.17, 15) is 45.1 Å². The molecule has 4 aromatic rings. The zero-order valence-electron chi connectivity index (χ0n) is 27.4. The molecule has 0 saturated heterocycles. The number of carboxylic acids is 1. The number of nitrogen functional groups attached to an aromatic ring is 1. The van der Waals surface area contributed by atoms with Crippen LogP contribution in [0.15, 0.2) is 99.6 Å². The second-order valence-electron chi connectivity index (χ2n) is 10.6. The van der Waals surface area contributed by atoms with Crippen molar-refractivity contribution in [3.63, 3.8) is 0 Å². The van der Waals surface area contributed by atoms with Crippen LogP contribution in [0, 0.1) is 0 Å². The van der Waals surface area contributed by atoms with E-state index < -0.39 is 51.0 Å². The zero-order chi connectivity index (χ0) is 38.0. The second kappa shape index (κ2) is 18.0. The molecule has 6 rings (SSSR count). The van der Waals surface area contributed by atoms with Gasteiger partial charge in [-0.3, -0.25) is 13.7 Å². The Morgan fingerprint density at radius 2 is 1.35 bits per heavy atom. The predicted octanol–water partition coefficient (Wildman–Crippen LogP) is -3.96. The molecule has 269 valence electrons. The van der Waals surface area contributed by atoms with E-state index in [4.69, 9.17) is 23.8 Å². The standard InChI is InChI=1S/C20H9Br2O5.C10H9NO9S3.Hg.2Na.H2O/c21-13-5-11-17(7-15(13)23)27-18-8-16(24)14(22)6-12(18)19(11)9-3-1-2-4-10(9)20(25)26;11-8-3-6(21(12,13)14)1-5-2-9(22(15,16)17)10(4-7(5)8)23(18,19)20;;;;/h1-7,24H,(H,25,26);1-4H,11H2,(H,12,13,14)(H,15,16,17)(H,18,19,20);;;;1H2/q;;;2*+1;/p-2. The summed E-state index contributed by atoms with van der Waals surface area (Å²) in [4.78, 5) is 20.9. The Morgan fingerprint density at radius 1 is 0.778 bits per heavy atom. The Kier molecular flexibility index (Phi) is 16.2. The van der Waals surface area contributed by atoms with Crippen molar-refractivity contribution >= 4 is 98.7 Å². The van der Waals surface area contributed by atoms with E-state index in [0.29, 0.717) is 51.8 Å². The van der Waals surface area contributed by atoms with E-state index in [1.165, 1.54) is 12.1 Å². The van der Waals surface area contributed by atoms with Crippen LogP contribution in [-0.2, 0) is 56.5 Å². The molecular formula is C30H18Br2HgNNa2O15S3. The van der Waals surface area contributed by atoms with Gasteiger partial charge in [-0.15, -0.1) is 0 Å². The van der Waals surface area contributed by atoms with Gasteiger partial charge in [0, 0.05) is 11.1 Å². The SMILES string of the molecule is Nc1cc(S(=O)(=O)O)cc2cc(S(=O)(=O)O)c(S(=O)(=O)O)cc12.O.O=C([O-])c1ccccc1-c1c2cc(Br)c(=O)cc-2oc2[c]([Hg])c([O-])c(Br)cc12.[Na+].[Na+]. The maximum absolute atomic E-state index is 12.4. The van der Waals surface area contributed by atoms with Gasteiger partial charge in [0.1, 0.15) is 9.79 Å². The molecule has 0 aromatic heterocycles. The Balaban J connectivity index is 0.000000361. The van der Waals surface area contributed by atoms with Crippen molar-refractivity contribution in [2.45, 2.75) is 14.7 Å². The molecule has 0 saturated carbocycles. The number of hydrogen-bond donors (Lipinski definition) is 4. The van der Waals surface area contributed by atoms with Crippen LogP contribution in [0.2, 0.25) is 0 Å². The summed E-state index contributed by atoms with van der Waals surface area (Å²) in [5, 5.41) is 24.5. The van der Waals surface area contributed by atoms with Gasteiger partial charge in [-0.2, -0.15) is 25.3 Å². The van der Waals surface area contributed by atoms with Gasteiger partial charge < -0.3 is 11.2 Å². The molecule has 4 aromatic carbocycles. The summed E-state index contributed by atoms with van der Waals surface area (Å²) in [5.74, 6) is -1.18. The Hall–Kier alpha value is -1.51. The molecule has 0 fully saturated rings. The smallest absolute Gasteiger partial charge is 1.00 e. The quantitative estimate of drug-likeness (QED) is 0.0554. The molecule has 1 aliphatic heterocycles. The number of carboxylic acid groups (broad SMARTS) is 1. The zero-order valence-corrected chi connectivity index (χ0v) is 42.6. The fourth-order valence-corrected chi connectivity index (χ4v) is 11.1. The van der Waals surface area contributed by atoms with Crippen molar-refractivity contribution in [1.29, 1.82) is 0 Å². The summed E-state index contributed by atoms with van der Waals surface area (Å²) in [6, 6.07) is 14.0. The van der Waals surface area contributed by atoms with Crippen LogP contribution in [0.25, 0.3) is 44.2 Å². The van der Waals surface area contributed by atoms with Crippen molar-refractivity contribution in [3.05, 3.63) is 91.5 Å². The number of benzene rings is 5. The average molecular weight is 1140 g/mol. The van der Waals surface area contributed by atoms with E-state index in [-0.39, 0.29) is 130 Å². The number of nitrogens with two attached hydrogens (primary N) is 1. The minimum Gasteiger partial charge on any atom is 1.00 e. The number of anilines is 1. The minimum absolute atomic E-state index is 0. The second-order valence-corrected chi connectivity index (χ2v) is 19.2. The Bertz CT molecular complexity index is 2860. The number of halogens is 2. The molecule has 54 heavy (non-hydrogen) atoms. The predicted molar refractivity (Wildman–Crippen MR) is 185 cm³/mol. The third-order valence-electron chi connectivity index (χ3n) is 7.36. The van der Waals surface area contributed by atoms with Crippen molar-refractivity contribution in [2.75, 3.05) is 5.73 Å². The molecule has 1 heterocycles. The third kappa shape index (κ3) is 9.95. The van der Waals surface area contributed by atoms with Crippen molar-refractivity contribution in [3.8, 4) is 28.2 Å². The summed E-state index contributed by atoms with van der Waals surface area (Å²) in [6.07, 6.45) is 0. The molecule has 0 unspecified atom stereocenters. The summed E-state index contributed by atoms with van der Waals surface area (Å²) in [7, 11) is -14.8.